The number of aromatic nitrogens is 1. The molecule has 4 heteroatoms. The number of hydrogen-bond acceptors (Lipinski definition) is 4. The van der Waals surface area contributed by atoms with Crippen LogP contribution < -0.4 is 10.3 Å². The highest BCUT2D eigenvalue weighted by Gasteiger charge is 2.19. The molecule has 3 rings (SSSR count). The van der Waals surface area contributed by atoms with Crippen LogP contribution in [0.5, 0.6) is 5.75 Å². The van der Waals surface area contributed by atoms with Crippen molar-refractivity contribution in [3.05, 3.63) is 45.9 Å². The number of ether oxygens (including phenoxy) is 1. The lowest BCUT2D eigenvalue weighted by Crippen LogP contribution is -2.12. The van der Waals surface area contributed by atoms with E-state index in [-0.39, 0.29) is 5.56 Å². The van der Waals surface area contributed by atoms with Crippen LogP contribution in [-0.4, -0.2) is 12.1 Å². The summed E-state index contributed by atoms with van der Waals surface area (Å²) in [4.78, 5) is 15.8. The SMILES string of the molecule is COc1ccc(-c2nc(=O)c3c(o2)CCC3)cc1. The van der Waals surface area contributed by atoms with E-state index in [1.807, 2.05) is 24.3 Å². The maximum atomic E-state index is 11.8. The molecule has 1 aromatic heterocycles. The summed E-state index contributed by atoms with van der Waals surface area (Å²) < 4.78 is 10.8. The van der Waals surface area contributed by atoms with Crippen molar-refractivity contribution in [1.29, 1.82) is 0 Å². The Kier molecular flexibility index (Phi) is 2.63. The molecule has 0 spiro atoms. The fourth-order valence-corrected chi connectivity index (χ4v) is 2.21. The highest BCUT2D eigenvalue weighted by Crippen LogP contribution is 2.24. The van der Waals surface area contributed by atoms with Crippen molar-refractivity contribution in [3.63, 3.8) is 0 Å². The number of nitrogens with zero attached hydrogens (tertiary/aromatic N) is 1. The Hall–Kier alpha value is -2.10. The van der Waals surface area contributed by atoms with Crippen molar-refractivity contribution in [2.45, 2.75) is 19.3 Å². The van der Waals surface area contributed by atoms with E-state index >= 15 is 0 Å². The van der Waals surface area contributed by atoms with Gasteiger partial charge in [-0.25, -0.2) is 0 Å². The molecule has 1 aromatic carbocycles. The van der Waals surface area contributed by atoms with Crippen LogP contribution in [-0.2, 0) is 12.8 Å². The van der Waals surface area contributed by atoms with Crippen LogP contribution in [0.25, 0.3) is 11.5 Å². The third kappa shape index (κ3) is 1.79. The first-order valence-electron chi connectivity index (χ1n) is 5.95. The Morgan fingerprint density at radius 2 is 2.00 bits per heavy atom. The molecule has 0 fully saturated rings. The normalized spacial score (nSPS) is 13.4. The van der Waals surface area contributed by atoms with E-state index in [2.05, 4.69) is 4.98 Å². The molecule has 92 valence electrons. The zero-order valence-corrected chi connectivity index (χ0v) is 10.1. The van der Waals surface area contributed by atoms with Gasteiger partial charge in [0.2, 0.25) is 5.89 Å². The first-order valence-corrected chi connectivity index (χ1v) is 5.95. The van der Waals surface area contributed by atoms with Crippen LogP contribution in [0, 0.1) is 0 Å². The van der Waals surface area contributed by atoms with Gasteiger partial charge < -0.3 is 9.15 Å². The second-order valence-electron chi connectivity index (χ2n) is 4.31. The van der Waals surface area contributed by atoms with Crippen molar-refractivity contribution >= 4 is 0 Å². The lowest BCUT2D eigenvalue weighted by Gasteiger charge is -2.04. The molecule has 4 nitrogen and oxygen atoms in total. The second kappa shape index (κ2) is 4.29. The van der Waals surface area contributed by atoms with Crippen molar-refractivity contribution in [2.24, 2.45) is 0 Å². The van der Waals surface area contributed by atoms with Gasteiger partial charge >= 0.3 is 0 Å². The van der Waals surface area contributed by atoms with E-state index in [0.29, 0.717) is 5.89 Å². The average molecular weight is 243 g/mol. The maximum Gasteiger partial charge on any atom is 0.279 e. The Morgan fingerprint density at radius 1 is 1.22 bits per heavy atom. The van der Waals surface area contributed by atoms with Gasteiger partial charge in [-0.3, -0.25) is 4.79 Å². The van der Waals surface area contributed by atoms with Gasteiger partial charge in [0, 0.05) is 12.0 Å². The summed E-state index contributed by atoms with van der Waals surface area (Å²) in [5.41, 5.74) is 1.38. The minimum absolute atomic E-state index is 0.153. The number of benzene rings is 1. The molecule has 1 heterocycles. The van der Waals surface area contributed by atoms with Gasteiger partial charge in [-0.1, -0.05) is 0 Å². The van der Waals surface area contributed by atoms with Crippen LogP contribution in [0.4, 0.5) is 0 Å². The van der Waals surface area contributed by atoms with Crippen molar-refractivity contribution in [3.8, 4) is 17.2 Å². The molecule has 0 unspecified atom stereocenters. The summed E-state index contributed by atoms with van der Waals surface area (Å²) in [6, 6.07) is 7.32. The predicted molar refractivity (Wildman–Crippen MR) is 66.8 cm³/mol. The molecule has 0 radical (unpaired) electrons. The van der Waals surface area contributed by atoms with E-state index in [9.17, 15) is 4.79 Å². The second-order valence-corrected chi connectivity index (χ2v) is 4.31. The summed E-state index contributed by atoms with van der Waals surface area (Å²) >= 11 is 0. The van der Waals surface area contributed by atoms with Gasteiger partial charge in [-0.2, -0.15) is 4.98 Å². The van der Waals surface area contributed by atoms with Crippen molar-refractivity contribution in [1.82, 2.24) is 4.98 Å². The molecule has 0 aliphatic heterocycles. The fourth-order valence-electron chi connectivity index (χ4n) is 2.21. The van der Waals surface area contributed by atoms with Gasteiger partial charge in [0.05, 0.1) is 12.7 Å². The Labute approximate surface area is 104 Å². The average Bonchev–Trinajstić information content (AvgIpc) is 2.88. The van der Waals surface area contributed by atoms with E-state index < -0.39 is 0 Å². The predicted octanol–water partition coefficient (Wildman–Crippen LogP) is 2.20. The molecule has 2 aromatic rings. The van der Waals surface area contributed by atoms with Crippen LogP contribution in [0.15, 0.2) is 33.5 Å². The van der Waals surface area contributed by atoms with Gasteiger partial charge in [-0.15, -0.1) is 0 Å². The maximum absolute atomic E-state index is 11.8. The first kappa shape index (κ1) is 11.0. The van der Waals surface area contributed by atoms with Gasteiger partial charge in [-0.05, 0) is 37.1 Å². The number of hydrogen-bond donors (Lipinski definition) is 0. The lowest BCUT2D eigenvalue weighted by molar-refractivity contribution is 0.414. The molecule has 18 heavy (non-hydrogen) atoms. The molecule has 0 atom stereocenters. The third-order valence-electron chi connectivity index (χ3n) is 3.19. The fraction of sp³-hybridized carbons (Fsp3) is 0.286. The van der Waals surface area contributed by atoms with E-state index in [4.69, 9.17) is 9.15 Å². The summed E-state index contributed by atoms with van der Waals surface area (Å²) in [6.07, 6.45) is 2.59. The standard InChI is InChI=1S/C14H13NO3/c1-17-10-7-5-9(6-8-10)14-15-13(16)11-3-2-4-12(11)18-14/h5-8H,2-4H2,1H3. The number of aryl methyl sites for hydroxylation is 1. The molecule has 0 saturated carbocycles. The van der Waals surface area contributed by atoms with Gasteiger partial charge in [0.25, 0.3) is 5.56 Å². The molecular weight excluding hydrogens is 230 g/mol. The molecule has 0 saturated heterocycles. The van der Waals surface area contributed by atoms with Gasteiger partial charge in [0.1, 0.15) is 11.5 Å². The van der Waals surface area contributed by atoms with Crippen LogP contribution in [0.2, 0.25) is 0 Å². The largest absolute Gasteiger partial charge is 0.497 e. The summed E-state index contributed by atoms with van der Waals surface area (Å²) in [7, 11) is 1.61. The Balaban J connectivity index is 2.06. The Morgan fingerprint density at radius 3 is 2.72 bits per heavy atom. The minimum atomic E-state index is -0.153. The zero-order chi connectivity index (χ0) is 12.5. The smallest absolute Gasteiger partial charge is 0.279 e. The van der Waals surface area contributed by atoms with Crippen LogP contribution in [0.3, 0.4) is 0 Å². The van der Waals surface area contributed by atoms with Crippen LogP contribution in [0.1, 0.15) is 17.7 Å². The third-order valence-corrected chi connectivity index (χ3v) is 3.19. The summed E-state index contributed by atoms with van der Waals surface area (Å²) in [5.74, 6) is 1.95. The number of fused-ring (bicyclic) bond motifs is 1. The van der Waals surface area contributed by atoms with Gasteiger partial charge in [0.15, 0.2) is 0 Å². The number of rotatable bonds is 2. The van der Waals surface area contributed by atoms with Crippen molar-refractivity contribution < 1.29 is 9.15 Å². The molecule has 1 aliphatic rings. The molecule has 0 bridgehead atoms. The topological polar surface area (TPSA) is 52.3 Å². The zero-order valence-electron chi connectivity index (χ0n) is 10.1. The first-order chi connectivity index (χ1) is 8.78. The van der Waals surface area contributed by atoms with E-state index in [0.717, 1.165) is 41.9 Å². The minimum Gasteiger partial charge on any atom is -0.497 e. The highest BCUT2D eigenvalue weighted by molar-refractivity contribution is 5.54. The lowest BCUT2D eigenvalue weighted by atomic mass is 10.2. The highest BCUT2D eigenvalue weighted by atomic mass is 16.5. The van der Waals surface area contributed by atoms with Crippen molar-refractivity contribution in [2.75, 3.05) is 7.11 Å². The molecule has 0 N–H and O–H groups in total. The van der Waals surface area contributed by atoms with Crippen LogP contribution >= 0.6 is 0 Å². The summed E-state index contributed by atoms with van der Waals surface area (Å²) in [5, 5.41) is 0. The number of methoxy groups -OCH3 is 1. The monoisotopic (exact) mass is 243 g/mol. The van der Waals surface area contributed by atoms with E-state index in [1.54, 1.807) is 7.11 Å². The quantitative estimate of drug-likeness (QED) is 0.811. The summed E-state index contributed by atoms with van der Waals surface area (Å²) in [6.45, 7) is 0. The molecule has 1 aliphatic carbocycles. The van der Waals surface area contributed by atoms with E-state index in [1.165, 1.54) is 0 Å². The molecular formula is C14H13NO3. The molecule has 0 amide bonds. The Bertz CT molecular complexity index is 628.